The molecule has 5 nitrogen and oxygen atoms in total. The number of hydrogen-bond acceptors (Lipinski definition) is 5. The van der Waals surface area contributed by atoms with Crippen LogP contribution in [-0.2, 0) is 12.0 Å². The molecule has 0 spiro atoms. The van der Waals surface area contributed by atoms with E-state index in [4.69, 9.17) is 4.74 Å². The molecule has 1 heterocycles. The van der Waals surface area contributed by atoms with E-state index < -0.39 is 0 Å². The Labute approximate surface area is 211 Å². The van der Waals surface area contributed by atoms with Gasteiger partial charge in [0.2, 0.25) is 0 Å². The van der Waals surface area contributed by atoms with Gasteiger partial charge in [0.1, 0.15) is 12.4 Å². The highest BCUT2D eigenvalue weighted by molar-refractivity contribution is 7.99. The molecular weight excluding hydrogens is 454 g/mol. The van der Waals surface area contributed by atoms with Crippen LogP contribution in [0.4, 0.5) is 0 Å². The molecule has 0 amide bonds. The van der Waals surface area contributed by atoms with Crippen molar-refractivity contribution in [1.29, 1.82) is 0 Å². The minimum absolute atomic E-state index is 0.0758. The van der Waals surface area contributed by atoms with Gasteiger partial charge in [-0.05, 0) is 54.7 Å². The summed E-state index contributed by atoms with van der Waals surface area (Å²) in [7, 11) is 0. The van der Waals surface area contributed by atoms with Gasteiger partial charge in [0.05, 0.1) is 5.75 Å². The Kier molecular flexibility index (Phi) is 7.41. The van der Waals surface area contributed by atoms with Crippen LogP contribution in [0.5, 0.6) is 5.75 Å². The lowest BCUT2D eigenvalue weighted by Crippen LogP contribution is -2.11. The molecule has 0 aliphatic carbocycles. The molecule has 0 fully saturated rings. The number of rotatable bonds is 8. The number of hydrogen-bond donors (Lipinski definition) is 0. The predicted molar refractivity (Wildman–Crippen MR) is 142 cm³/mol. The SMILES string of the molecule is Cc1ccc(C(=O)CSc2nnc(COc3ccc(C(C)(C)C)cc3)n2-c2ccccc2)c(C)c1. The highest BCUT2D eigenvalue weighted by Crippen LogP contribution is 2.26. The zero-order valence-corrected chi connectivity index (χ0v) is 21.7. The first-order valence-corrected chi connectivity index (χ1v) is 12.7. The summed E-state index contributed by atoms with van der Waals surface area (Å²) in [5, 5.41) is 9.46. The maximum Gasteiger partial charge on any atom is 0.196 e. The predicted octanol–water partition coefficient (Wildman–Crippen LogP) is 6.74. The van der Waals surface area contributed by atoms with Crippen molar-refractivity contribution in [3.05, 3.63) is 101 Å². The minimum atomic E-state index is 0.0758. The first kappa shape index (κ1) is 24.7. The fraction of sp³-hybridized carbons (Fsp3) is 0.276. The second-order valence-electron chi connectivity index (χ2n) is 9.66. The van der Waals surface area contributed by atoms with Crippen LogP contribution in [0.1, 0.15) is 53.6 Å². The highest BCUT2D eigenvalue weighted by Gasteiger charge is 2.18. The van der Waals surface area contributed by atoms with Crippen LogP contribution in [0.3, 0.4) is 0 Å². The van der Waals surface area contributed by atoms with Gasteiger partial charge >= 0.3 is 0 Å². The van der Waals surface area contributed by atoms with Crippen molar-refractivity contribution in [2.45, 2.75) is 51.8 Å². The van der Waals surface area contributed by atoms with Gasteiger partial charge in [-0.1, -0.05) is 86.6 Å². The lowest BCUT2D eigenvalue weighted by Gasteiger charge is -2.19. The number of nitrogens with zero attached hydrogens (tertiary/aromatic N) is 3. The number of benzene rings is 3. The van der Waals surface area contributed by atoms with E-state index in [1.807, 2.05) is 79.1 Å². The molecule has 3 aromatic carbocycles. The lowest BCUT2D eigenvalue weighted by molar-refractivity contribution is 0.102. The Morgan fingerprint density at radius 3 is 2.31 bits per heavy atom. The molecule has 0 saturated heterocycles. The average Bonchev–Trinajstić information content (AvgIpc) is 3.24. The van der Waals surface area contributed by atoms with Gasteiger partial charge in [0, 0.05) is 11.3 Å². The van der Waals surface area contributed by atoms with Gasteiger partial charge in [0.15, 0.2) is 16.8 Å². The van der Waals surface area contributed by atoms with Crippen molar-refractivity contribution in [3.63, 3.8) is 0 Å². The van der Waals surface area contributed by atoms with E-state index in [0.29, 0.717) is 11.0 Å². The molecule has 0 unspecified atom stereocenters. The molecule has 0 saturated carbocycles. The number of thioether (sulfide) groups is 1. The van der Waals surface area contributed by atoms with Crippen molar-refractivity contribution < 1.29 is 9.53 Å². The largest absolute Gasteiger partial charge is 0.486 e. The maximum absolute atomic E-state index is 12.9. The van der Waals surface area contributed by atoms with E-state index in [9.17, 15) is 4.79 Å². The third-order valence-corrected chi connectivity index (χ3v) is 6.75. The molecule has 4 aromatic rings. The number of ether oxygens (including phenoxy) is 1. The van der Waals surface area contributed by atoms with Crippen molar-refractivity contribution in [2.75, 3.05) is 5.75 Å². The van der Waals surface area contributed by atoms with Gasteiger partial charge in [-0.25, -0.2) is 0 Å². The van der Waals surface area contributed by atoms with Crippen LogP contribution < -0.4 is 4.74 Å². The standard InChI is InChI=1S/C29H31N3O2S/c1-20-11-16-25(21(2)17-20)26(33)19-35-28-31-30-27(32(28)23-9-7-6-8-10-23)18-34-24-14-12-22(13-15-24)29(3,4)5/h6-17H,18-19H2,1-5H3. The van der Waals surface area contributed by atoms with Crippen LogP contribution in [-0.4, -0.2) is 26.3 Å². The summed E-state index contributed by atoms with van der Waals surface area (Å²) in [5.41, 5.74) is 5.16. The summed E-state index contributed by atoms with van der Waals surface area (Å²) in [6.07, 6.45) is 0. The number of Topliss-reactive ketones (excluding diaryl/α,β-unsaturated/α-hetero) is 1. The van der Waals surface area contributed by atoms with E-state index in [-0.39, 0.29) is 23.6 Å². The average molecular weight is 486 g/mol. The number of carbonyl (C=O) groups excluding carboxylic acids is 1. The number of aryl methyl sites for hydroxylation is 2. The summed E-state index contributed by atoms with van der Waals surface area (Å²) >= 11 is 1.39. The summed E-state index contributed by atoms with van der Waals surface area (Å²) in [5.74, 6) is 1.81. The van der Waals surface area contributed by atoms with Gasteiger partial charge < -0.3 is 4.74 Å². The van der Waals surface area contributed by atoms with Crippen LogP contribution in [0.2, 0.25) is 0 Å². The van der Waals surface area contributed by atoms with Gasteiger partial charge in [0.25, 0.3) is 0 Å². The summed E-state index contributed by atoms with van der Waals surface area (Å²) < 4.78 is 8.02. The lowest BCUT2D eigenvalue weighted by atomic mass is 9.87. The van der Waals surface area contributed by atoms with Gasteiger partial charge in [-0.3, -0.25) is 9.36 Å². The normalized spacial score (nSPS) is 11.5. The molecule has 35 heavy (non-hydrogen) atoms. The molecule has 0 N–H and O–H groups in total. The fourth-order valence-electron chi connectivity index (χ4n) is 3.86. The molecule has 0 aliphatic heterocycles. The number of carbonyl (C=O) groups is 1. The van der Waals surface area contributed by atoms with Crippen molar-refractivity contribution >= 4 is 17.5 Å². The van der Waals surface area contributed by atoms with Crippen molar-refractivity contribution in [2.24, 2.45) is 0 Å². The van der Waals surface area contributed by atoms with Crippen LogP contribution in [0, 0.1) is 13.8 Å². The molecule has 0 aliphatic rings. The first-order chi connectivity index (χ1) is 16.7. The Hall–Kier alpha value is -3.38. The maximum atomic E-state index is 12.9. The Morgan fingerprint density at radius 2 is 1.66 bits per heavy atom. The van der Waals surface area contributed by atoms with Crippen LogP contribution in [0.15, 0.2) is 78.0 Å². The smallest absolute Gasteiger partial charge is 0.196 e. The Bertz CT molecular complexity index is 1310. The van der Waals surface area contributed by atoms with E-state index in [0.717, 1.165) is 28.1 Å². The monoisotopic (exact) mass is 485 g/mol. The summed E-state index contributed by atoms with van der Waals surface area (Å²) in [6, 6.07) is 24.0. The molecule has 0 radical (unpaired) electrons. The third-order valence-electron chi connectivity index (χ3n) is 5.82. The van der Waals surface area contributed by atoms with Crippen LogP contribution in [0.25, 0.3) is 5.69 Å². The first-order valence-electron chi connectivity index (χ1n) is 11.7. The van der Waals surface area contributed by atoms with Crippen LogP contribution >= 0.6 is 11.8 Å². The molecule has 6 heteroatoms. The molecule has 4 rings (SSSR count). The van der Waals surface area contributed by atoms with Crippen molar-refractivity contribution in [3.8, 4) is 11.4 Å². The van der Waals surface area contributed by atoms with E-state index in [1.54, 1.807) is 0 Å². The van der Waals surface area contributed by atoms with Gasteiger partial charge in [-0.15, -0.1) is 10.2 Å². The number of ketones is 1. The van der Waals surface area contributed by atoms with Gasteiger partial charge in [-0.2, -0.15) is 0 Å². The molecule has 1 aromatic heterocycles. The van der Waals surface area contributed by atoms with Crippen molar-refractivity contribution in [1.82, 2.24) is 14.8 Å². The quantitative estimate of drug-likeness (QED) is 0.204. The minimum Gasteiger partial charge on any atom is -0.486 e. The second-order valence-corrected chi connectivity index (χ2v) is 10.6. The third kappa shape index (κ3) is 6.01. The molecule has 0 atom stereocenters. The number of para-hydroxylation sites is 1. The number of aromatic nitrogens is 3. The van der Waals surface area contributed by atoms with E-state index >= 15 is 0 Å². The molecule has 0 bridgehead atoms. The van der Waals surface area contributed by atoms with E-state index in [2.05, 4.69) is 43.1 Å². The zero-order chi connectivity index (χ0) is 25.0. The Morgan fingerprint density at radius 1 is 0.943 bits per heavy atom. The fourth-order valence-corrected chi connectivity index (χ4v) is 4.71. The topological polar surface area (TPSA) is 57.0 Å². The second kappa shape index (κ2) is 10.5. The molecular formula is C29H31N3O2S. The zero-order valence-electron chi connectivity index (χ0n) is 20.9. The highest BCUT2D eigenvalue weighted by atomic mass is 32.2. The molecule has 180 valence electrons. The summed E-state index contributed by atoms with van der Waals surface area (Å²) in [4.78, 5) is 12.9. The summed E-state index contributed by atoms with van der Waals surface area (Å²) in [6.45, 7) is 10.8. The van der Waals surface area contributed by atoms with E-state index in [1.165, 1.54) is 17.3 Å². The Balaban J connectivity index is 1.53.